The van der Waals surface area contributed by atoms with Gasteiger partial charge in [-0.2, -0.15) is 13.2 Å². The number of nitrogens with one attached hydrogen (secondary N) is 1. The second kappa shape index (κ2) is 15.9. The molecule has 3 aromatic carbocycles. The van der Waals surface area contributed by atoms with Crippen molar-refractivity contribution in [1.82, 2.24) is 4.90 Å². The zero-order chi connectivity index (χ0) is 34.9. The van der Waals surface area contributed by atoms with Crippen LogP contribution in [0.3, 0.4) is 0 Å². The molecule has 1 N–H and O–H groups in total. The lowest BCUT2D eigenvalue weighted by Gasteiger charge is -2.32. The predicted octanol–water partition coefficient (Wildman–Crippen LogP) is 6.98. The van der Waals surface area contributed by atoms with Crippen LogP contribution in [0, 0.1) is 5.82 Å². The van der Waals surface area contributed by atoms with Crippen molar-refractivity contribution < 1.29 is 46.1 Å². The van der Waals surface area contributed by atoms with Gasteiger partial charge >= 0.3 is 12.1 Å². The minimum Gasteiger partial charge on any atom is -0.497 e. The lowest BCUT2D eigenvalue weighted by atomic mass is 9.87. The van der Waals surface area contributed by atoms with E-state index in [1.165, 1.54) is 54.0 Å². The fourth-order valence-electron chi connectivity index (χ4n) is 4.92. The molecule has 0 aliphatic rings. The molecule has 0 spiro atoms. The van der Waals surface area contributed by atoms with Gasteiger partial charge in [-0.3, -0.25) is 14.6 Å². The fraction of sp³-hybridized carbons (Fsp3) is 0.364. The third-order valence-corrected chi connectivity index (χ3v) is 7.88. The smallest absolute Gasteiger partial charge is 0.471 e. The molecule has 0 fully saturated rings. The number of rotatable bonds is 13. The number of aliphatic imine (C=N–C) groups is 1. The van der Waals surface area contributed by atoms with Gasteiger partial charge < -0.3 is 29.2 Å². The second-order valence-electron chi connectivity index (χ2n) is 10.6. The molecule has 0 heterocycles. The lowest BCUT2D eigenvalue weighted by molar-refractivity contribution is -0.167. The first kappa shape index (κ1) is 37.0. The van der Waals surface area contributed by atoms with Crippen molar-refractivity contribution in [2.24, 2.45) is 4.99 Å². The summed E-state index contributed by atoms with van der Waals surface area (Å²) in [7, 11) is 6.12. The standard InChI is InChI=1S/C33H37F4N3O6S/c1-20(41)17-32(2,26-14-23(10-13-27(26)34)38-30(42)33(35,36)37)39-31(47-7)40(18-21-8-11-24(43-3)15-28(21)45-5)19-22-9-12-25(44-4)16-29(22)46-6/h8-16H,17-19H2,1-7H3,(H,38,42)/b39-31-/t32-/m0/s1. The molecule has 9 nitrogen and oxygen atoms in total. The van der Waals surface area contributed by atoms with E-state index in [9.17, 15) is 22.8 Å². The number of carbonyl (C=O) groups excluding carboxylic acids is 2. The van der Waals surface area contributed by atoms with Crippen LogP contribution in [-0.4, -0.2) is 62.6 Å². The molecule has 0 saturated heterocycles. The van der Waals surface area contributed by atoms with Crippen LogP contribution >= 0.6 is 11.8 Å². The van der Waals surface area contributed by atoms with Crippen molar-refractivity contribution >= 4 is 34.3 Å². The Labute approximate surface area is 275 Å². The van der Waals surface area contributed by atoms with Gasteiger partial charge in [-0.1, -0.05) is 11.8 Å². The molecule has 3 aromatic rings. The van der Waals surface area contributed by atoms with E-state index in [4.69, 9.17) is 23.9 Å². The summed E-state index contributed by atoms with van der Waals surface area (Å²) in [6, 6.07) is 13.7. The van der Waals surface area contributed by atoms with Gasteiger partial charge in [0.05, 0.1) is 34.0 Å². The van der Waals surface area contributed by atoms with Gasteiger partial charge in [0.2, 0.25) is 0 Å². The number of halogens is 4. The highest BCUT2D eigenvalue weighted by Crippen LogP contribution is 2.37. The van der Waals surface area contributed by atoms with E-state index in [2.05, 4.69) is 0 Å². The van der Waals surface area contributed by atoms with Gasteiger partial charge in [0.15, 0.2) is 5.17 Å². The van der Waals surface area contributed by atoms with Gasteiger partial charge in [-0.15, -0.1) is 0 Å². The minimum absolute atomic E-state index is 0.178. The quantitative estimate of drug-likeness (QED) is 0.118. The molecule has 47 heavy (non-hydrogen) atoms. The highest BCUT2D eigenvalue weighted by Gasteiger charge is 2.39. The molecule has 0 radical (unpaired) electrons. The first-order chi connectivity index (χ1) is 22.2. The van der Waals surface area contributed by atoms with E-state index in [1.54, 1.807) is 35.8 Å². The molecule has 1 amide bonds. The number of benzene rings is 3. The molecule has 0 unspecified atom stereocenters. The van der Waals surface area contributed by atoms with E-state index in [-0.39, 0.29) is 36.5 Å². The molecular formula is C33H37F4N3O6S. The van der Waals surface area contributed by atoms with E-state index in [0.29, 0.717) is 28.2 Å². The fourth-order valence-corrected chi connectivity index (χ4v) is 5.60. The topological polar surface area (TPSA) is 98.7 Å². The monoisotopic (exact) mass is 679 g/mol. The average molecular weight is 680 g/mol. The Hall–Kier alpha value is -4.46. The number of hydrogen-bond donors (Lipinski definition) is 1. The summed E-state index contributed by atoms with van der Waals surface area (Å²) >= 11 is 1.22. The Kier molecular flexibility index (Phi) is 12.5. The van der Waals surface area contributed by atoms with Crippen LogP contribution in [-0.2, 0) is 28.2 Å². The number of alkyl halides is 3. The zero-order valence-corrected chi connectivity index (χ0v) is 27.9. The number of anilines is 1. The van der Waals surface area contributed by atoms with Crippen molar-refractivity contribution in [3.05, 3.63) is 77.1 Å². The largest absolute Gasteiger partial charge is 0.497 e. The van der Waals surface area contributed by atoms with E-state index in [0.717, 1.165) is 29.3 Å². The number of ketones is 1. The average Bonchev–Trinajstić information content (AvgIpc) is 3.03. The summed E-state index contributed by atoms with van der Waals surface area (Å²) in [5, 5.41) is 2.12. The van der Waals surface area contributed by atoms with Crippen LogP contribution in [0.15, 0.2) is 59.6 Å². The first-order valence-corrected chi connectivity index (χ1v) is 15.4. The van der Waals surface area contributed by atoms with E-state index < -0.39 is 23.4 Å². The van der Waals surface area contributed by atoms with Gasteiger partial charge in [0, 0.05) is 54.0 Å². The van der Waals surface area contributed by atoms with E-state index >= 15 is 4.39 Å². The van der Waals surface area contributed by atoms with E-state index in [1.807, 2.05) is 17.0 Å². The van der Waals surface area contributed by atoms with Crippen LogP contribution in [0.5, 0.6) is 23.0 Å². The molecule has 254 valence electrons. The van der Waals surface area contributed by atoms with Crippen molar-refractivity contribution in [1.29, 1.82) is 0 Å². The Bertz CT molecular complexity index is 1560. The van der Waals surface area contributed by atoms with Crippen LogP contribution in [0.25, 0.3) is 0 Å². The third-order valence-electron chi connectivity index (χ3n) is 7.16. The van der Waals surface area contributed by atoms with Crippen molar-refractivity contribution in [2.75, 3.05) is 40.0 Å². The Morgan fingerprint density at radius 2 is 1.38 bits per heavy atom. The summed E-state index contributed by atoms with van der Waals surface area (Å²) in [6.07, 6.45) is -3.70. The normalized spacial score (nSPS) is 13.0. The summed E-state index contributed by atoms with van der Waals surface area (Å²) in [5.41, 5.74) is -0.581. The van der Waals surface area contributed by atoms with Crippen molar-refractivity contribution in [2.45, 2.75) is 45.1 Å². The number of amides is 1. The lowest BCUT2D eigenvalue weighted by Crippen LogP contribution is -2.33. The van der Waals surface area contributed by atoms with Gasteiger partial charge in [-0.05, 0) is 62.6 Å². The summed E-state index contributed by atoms with van der Waals surface area (Å²) in [6.45, 7) is 3.27. The number of Topliss-reactive ketones (excluding diaryl/α,β-unsaturated/α-hetero) is 1. The maximum atomic E-state index is 15.5. The Morgan fingerprint density at radius 3 is 1.81 bits per heavy atom. The maximum absolute atomic E-state index is 15.5. The summed E-state index contributed by atoms with van der Waals surface area (Å²) in [5.74, 6) is -1.16. The number of thioether (sulfide) groups is 1. The van der Waals surface area contributed by atoms with Gasteiger partial charge in [0.25, 0.3) is 0 Å². The molecule has 0 aliphatic heterocycles. The highest BCUT2D eigenvalue weighted by atomic mass is 32.2. The summed E-state index contributed by atoms with van der Waals surface area (Å²) in [4.78, 5) is 31.0. The predicted molar refractivity (Wildman–Crippen MR) is 173 cm³/mol. The maximum Gasteiger partial charge on any atom is 0.471 e. The van der Waals surface area contributed by atoms with Crippen LogP contribution in [0.1, 0.15) is 37.0 Å². The number of hydrogen-bond acceptors (Lipinski definition) is 8. The molecular weight excluding hydrogens is 642 g/mol. The number of ether oxygens (including phenoxy) is 4. The molecule has 0 aromatic heterocycles. The van der Waals surface area contributed by atoms with Crippen molar-refractivity contribution in [3.63, 3.8) is 0 Å². The Balaban J connectivity index is 2.21. The van der Waals surface area contributed by atoms with Crippen LogP contribution < -0.4 is 24.3 Å². The van der Waals surface area contributed by atoms with Crippen LogP contribution in [0.2, 0.25) is 0 Å². The SMILES string of the molecule is COc1ccc(CN(Cc2ccc(OC)cc2OC)/C(=N/[C@@](C)(CC(C)=O)c2cc(NC(=O)C(F)(F)F)ccc2F)SC)c(OC)c1. The molecule has 1 atom stereocenters. The van der Waals surface area contributed by atoms with Gasteiger partial charge in [0.1, 0.15) is 34.6 Å². The molecule has 14 heteroatoms. The third kappa shape index (κ3) is 9.53. The number of carbonyl (C=O) groups is 2. The molecule has 0 bridgehead atoms. The number of methoxy groups -OCH3 is 4. The number of amidine groups is 1. The highest BCUT2D eigenvalue weighted by molar-refractivity contribution is 8.13. The molecule has 0 saturated carbocycles. The van der Waals surface area contributed by atoms with Gasteiger partial charge in [-0.25, -0.2) is 4.39 Å². The van der Waals surface area contributed by atoms with Crippen molar-refractivity contribution in [3.8, 4) is 23.0 Å². The summed E-state index contributed by atoms with van der Waals surface area (Å²) < 4.78 is 76.4. The molecule has 3 rings (SSSR count). The van der Waals surface area contributed by atoms with Crippen LogP contribution in [0.4, 0.5) is 23.2 Å². The Morgan fingerprint density at radius 1 is 0.851 bits per heavy atom. The second-order valence-corrected chi connectivity index (χ2v) is 11.4. The number of nitrogens with zero attached hydrogens (tertiary/aromatic N) is 2. The zero-order valence-electron chi connectivity index (χ0n) is 27.1. The first-order valence-electron chi connectivity index (χ1n) is 14.2. The minimum atomic E-state index is -5.16. The molecule has 0 aliphatic carbocycles.